The summed E-state index contributed by atoms with van der Waals surface area (Å²) in [6.45, 7) is 12.9. The minimum absolute atomic E-state index is 0.129. The molecule has 8 nitrogen and oxygen atoms in total. The molecule has 1 aromatic heterocycles. The summed E-state index contributed by atoms with van der Waals surface area (Å²) < 4.78 is 0. The first-order chi connectivity index (χ1) is 12.6. The van der Waals surface area contributed by atoms with Gasteiger partial charge in [-0.2, -0.15) is 0 Å². The van der Waals surface area contributed by atoms with Gasteiger partial charge in [0.1, 0.15) is 18.0 Å². The van der Waals surface area contributed by atoms with Crippen LogP contribution in [0.25, 0.3) is 0 Å². The van der Waals surface area contributed by atoms with E-state index in [0.29, 0.717) is 12.6 Å². The van der Waals surface area contributed by atoms with Crippen molar-refractivity contribution in [3.8, 4) is 0 Å². The molecule has 0 aromatic carbocycles. The van der Waals surface area contributed by atoms with Crippen molar-refractivity contribution < 1.29 is 4.79 Å². The number of carbonyl (C=O) groups is 1. The van der Waals surface area contributed by atoms with E-state index in [1.165, 1.54) is 0 Å². The van der Waals surface area contributed by atoms with Gasteiger partial charge in [-0.1, -0.05) is 6.92 Å². The second-order valence-electron chi connectivity index (χ2n) is 7.20. The molecule has 0 spiro atoms. The first-order valence-electron chi connectivity index (χ1n) is 9.58. The number of piperazine rings is 2. The van der Waals surface area contributed by atoms with Crippen LogP contribution < -0.4 is 10.2 Å². The zero-order chi connectivity index (χ0) is 18.5. The SMILES string of the molecule is CCN1CCN(C(C)CNc2cc(N3CCN(C)C(=O)C3)ncn2)CC1. The highest BCUT2D eigenvalue weighted by atomic mass is 16.2. The van der Waals surface area contributed by atoms with E-state index in [1.54, 1.807) is 11.2 Å². The van der Waals surface area contributed by atoms with Gasteiger partial charge in [-0.15, -0.1) is 0 Å². The molecule has 1 N–H and O–H groups in total. The highest BCUT2D eigenvalue weighted by Crippen LogP contribution is 2.16. The highest BCUT2D eigenvalue weighted by Gasteiger charge is 2.23. The van der Waals surface area contributed by atoms with Gasteiger partial charge in [0.15, 0.2) is 0 Å². The summed E-state index contributed by atoms with van der Waals surface area (Å²) in [5.41, 5.74) is 0. The predicted molar refractivity (Wildman–Crippen MR) is 104 cm³/mol. The fraction of sp³-hybridized carbons (Fsp3) is 0.722. The van der Waals surface area contributed by atoms with Crippen LogP contribution in [0.1, 0.15) is 13.8 Å². The largest absolute Gasteiger partial charge is 0.368 e. The summed E-state index contributed by atoms with van der Waals surface area (Å²) in [4.78, 5) is 29.4. The van der Waals surface area contributed by atoms with Crippen LogP contribution in [-0.4, -0.2) is 103 Å². The molecule has 1 amide bonds. The first-order valence-corrected chi connectivity index (χ1v) is 9.58. The molecule has 1 aromatic rings. The molecule has 26 heavy (non-hydrogen) atoms. The molecular formula is C18H31N7O. The lowest BCUT2D eigenvalue weighted by atomic mass is 10.2. The zero-order valence-electron chi connectivity index (χ0n) is 16.2. The Bertz CT molecular complexity index is 603. The van der Waals surface area contributed by atoms with E-state index < -0.39 is 0 Å². The molecule has 0 aliphatic carbocycles. The Balaban J connectivity index is 1.52. The average Bonchev–Trinajstić information content (AvgIpc) is 2.68. The van der Waals surface area contributed by atoms with Crippen LogP contribution in [0.15, 0.2) is 12.4 Å². The molecular weight excluding hydrogens is 330 g/mol. The Morgan fingerprint density at radius 1 is 1.15 bits per heavy atom. The second-order valence-corrected chi connectivity index (χ2v) is 7.20. The minimum atomic E-state index is 0.129. The molecule has 0 bridgehead atoms. The molecule has 0 saturated carbocycles. The lowest BCUT2D eigenvalue weighted by molar-refractivity contribution is -0.129. The van der Waals surface area contributed by atoms with Crippen LogP contribution in [0.5, 0.6) is 0 Å². The van der Waals surface area contributed by atoms with Crippen molar-refractivity contribution in [1.82, 2.24) is 24.7 Å². The lowest BCUT2D eigenvalue weighted by Gasteiger charge is -2.37. The molecule has 8 heteroatoms. The molecule has 1 unspecified atom stereocenters. The van der Waals surface area contributed by atoms with Gasteiger partial charge in [0.2, 0.25) is 5.91 Å². The summed E-state index contributed by atoms with van der Waals surface area (Å²) in [7, 11) is 1.84. The lowest BCUT2D eigenvalue weighted by Crippen LogP contribution is -2.51. The number of carbonyl (C=O) groups excluding carboxylic acids is 1. The quantitative estimate of drug-likeness (QED) is 0.776. The van der Waals surface area contributed by atoms with Crippen LogP contribution >= 0.6 is 0 Å². The smallest absolute Gasteiger partial charge is 0.241 e. The van der Waals surface area contributed by atoms with Gasteiger partial charge in [-0.05, 0) is 13.5 Å². The standard InChI is InChI=1S/C18H31N7O/c1-4-23-6-9-24(10-7-23)15(2)12-19-16-11-17(21-14-20-16)25-8-5-22(3)18(26)13-25/h11,14-15H,4-10,12-13H2,1-3H3,(H,19,20,21). The monoisotopic (exact) mass is 361 g/mol. The van der Waals surface area contributed by atoms with Crippen molar-refractivity contribution in [2.24, 2.45) is 0 Å². The van der Waals surface area contributed by atoms with Gasteiger partial charge in [-0.25, -0.2) is 9.97 Å². The van der Waals surface area contributed by atoms with Crippen molar-refractivity contribution in [3.63, 3.8) is 0 Å². The highest BCUT2D eigenvalue weighted by molar-refractivity contribution is 5.82. The number of rotatable bonds is 6. The second kappa shape index (κ2) is 8.64. The van der Waals surface area contributed by atoms with E-state index in [4.69, 9.17) is 0 Å². The number of anilines is 2. The summed E-state index contributed by atoms with van der Waals surface area (Å²) in [5, 5.41) is 3.44. The van der Waals surface area contributed by atoms with Crippen molar-refractivity contribution >= 4 is 17.5 Å². The maximum Gasteiger partial charge on any atom is 0.241 e. The Labute approximate surface area is 156 Å². The third kappa shape index (κ3) is 4.62. The van der Waals surface area contributed by atoms with Crippen LogP contribution in [0, 0.1) is 0 Å². The Morgan fingerprint density at radius 2 is 1.92 bits per heavy atom. The van der Waals surface area contributed by atoms with Crippen LogP contribution in [-0.2, 0) is 4.79 Å². The zero-order valence-corrected chi connectivity index (χ0v) is 16.2. The van der Waals surface area contributed by atoms with Crippen LogP contribution in [0.4, 0.5) is 11.6 Å². The van der Waals surface area contributed by atoms with Crippen molar-refractivity contribution in [3.05, 3.63) is 12.4 Å². The first kappa shape index (κ1) is 18.8. The van der Waals surface area contributed by atoms with E-state index in [-0.39, 0.29) is 5.91 Å². The fourth-order valence-corrected chi connectivity index (χ4v) is 3.47. The van der Waals surface area contributed by atoms with E-state index in [0.717, 1.165) is 64.0 Å². The maximum atomic E-state index is 11.9. The molecule has 0 radical (unpaired) electrons. The number of nitrogens with zero attached hydrogens (tertiary/aromatic N) is 6. The van der Waals surface area contributed by atoms with E-state index in [1.807, 2.05) is 18.0 Å². The third-order valence-corrected chi connectivity index (χ3v) is 5.49. The van der Waals surface area contributed by atoms with E-state index >= 15 is 0 Å². The number of hydrogen-bond acceptors (Lipinski definition) is 7. The van der Waals surface area contributed by atoms with Gasteiger partial charge in [-0.3, -0.25) is 9.69 Å². The van der Waals surface area contributed by atoms with Crippen molar-refractivity contribution in [2.45, 2.75) is 19.9 Å². The number of hydrogen-bond donors (Lipinski definition) is 1. The van der Waals surface area contributed by atoms with Crippen LogP contribution in [0.2, 0.25) is 0 Å². The van der Waals surface area contributed by atoms with Crippen LogP contribution in [0.3, 0.4) is 0 Å². The van der Waals surface area contributed by atoms with E-state index in [2.05, 4.69) is 38.9 Å². The molecule has 2 saturated heterocycles. The fourth-order valence-electron chi connectivity index (χ4n) is 3.47. The summed E-state index contributed by atoms with van der Waals surface area (Å²) >= 11 is 0. The Morgan fingerprint density at radius 3 is 2.62 bits per heavy atom. The normalized spacial score (nSPS) is 21.1. The Kier molecular flexibility index (Phi) is 6.26. The van der Waals surface area contributed by atoms with Gasteiger partial charge in [0.25, 0.3) is 0 Å². The molecule has 2 aliphatic rings. The summed E-state index contributed by atoms with van der Waals surface area (Å²) in [6, 6.07) is 2.40. The third-order valence-electron chi connectivity index (χ3n) is 5.49. The number of amides is 1. The molecule has 1 atom stereocenters. The van der Waals surface area contributed by atoms with Crippen molar-refractivity contribution in [1.29, 1.82) is 0 Å². The maximum absolute atomic E-state index is 11.9. The predicted octanol–water partition coefficient (Wildman–Crippen LogP) is 0.193. The van der Waals surface area contributed by atoms with Crippen molar-refractivity contribution in [2.75, 3.05) is 76.2 Å². The van der Waals surface area contributed by atoms with E-state index in [9.17, 15) is 4.79 Å². The molecule has 144 valence electrons. The summed E-state index contributed by atoms with van der Waals surface area (Å²) in [5.74, 6) is 1.76. The van der Waals surface area contributed by atoms with Gasteiger partial charge in [0.05, 0.1) is 6.54 Å². The Hall–Kier alpha value is -1.93. The summed E-state index contributed by atoms with van der Waals surface area (Å²) in [6.07, 6.45) is 1.57. The topological polar surface area (TPSA) is 67.8 Å². The average molecular weight is 361 g/mol. The molecule has 3 rings (SSSR count). The molecule has 2 fully saturated rings. The number of likely N-dealkylation sites (N-methyl/N-ethyl adjacent to an activating group) is 2. The minimum Gasteiger partial charge on any atom is -0.368 e. The number of nitrogens with one attached hydrogen (secondary N) is 1. The molecule has 2 aliphatic heterocycles. The van der Waals surface area contributed by atoms with Gasteiger partial charge in [0, 0.05) is 65.0 Å². The number of aromatic nitrogens is 2. The van der Waals surface area contributed by atoms with Gasteiger partial charge < -0.3 is 20.0 Å². The molecule has 3 heterocycles. The van der Waals surface area contributed by atoms with Gasteiger partial charge >= 0.3 is 0 Å².